The minimum atomic E-state index is -1.10. The molecule has 0 radical (unpaired) electrons. The van der Waals surface area contributed by atoms with Crippen LogP contribution in [0.3, 0.4) is 0 Å². The Bertz CT molecular complexity index is 1220. The molecule has 2 heterocycles. The predicted molar refractivity (Wildman–Crippen MR) is 121 cm³/mol. The van der Waals surface area contributed by atoms with Gasteiger partial charge in [-0.2, -0.15) is 0 Å². The third-order valence-electron chi connectivity index (χ3n) is 4.86. The van der Waals surface area contributed by atoms with Crippen LogP contribution in [0.15, 0.2) is 60.9 Å². The molecule has 0 aliphatic rings. The van der Waals surface area contributed by atoms with Gasteiger partial charge in [-0.25, -0.2) is 9.97 Å². The summed E-state index contributed by atoms with van der Waals surface area (Å²) >= 11 is 1.54. The van der Waals surface area contributed by atoms with Gasteiger partial charge < -0.3 is 10.4 Å². The van der Waals surface area contributed by atoms with Crippen molar-refractivity contribution < 1.29 is 14.7 Å². The van der Waals surface area contributed by atoms with Gasteiger partial charge in [-0.3, -0.25) is 14.6 Å². The second-order valence-electron chi connectivity index (χ2n) is 7.76. The van der Waals surface area contributed by atoms with Crippen molar-refractivity contribution in [3.05, 3.63) is 66.5 Å². The van der Waals surface area contributed by atoms with Crippen LogP contribution in [-0.2, 0) is 4.79 Å². The summed E-state index contributed by atoms with van der Waals surface area (Å²) in [4.78, 5) is 37.0. The summed E-state index contributed by atoms with van der Waals surface area (Å²) in [6.45, 7) is 3.09. The van der Waals surface area contributed by atoms with Gasteiger partial charge in [0.15, 0.2) is 16.7 Å². The van der Waals surface area contributed by atoms with Crippen LogP contribution in [0, 0.1) is 5.41 Å². The van der Waals surface area contributed by atoms with Gasteiger partial charge in [-0.15, -0.1) is 0 Å². The minimum Gasteiger partial charge on any atom is -0.481 e. The van der Waals surface area contributed by atoms with E-state index >= 15 is 0 Å². The van der Waals surface area contributed by atoms with Crippen molar-refractivity contribution in [2.75, 3.05) is 5.32 Å². The van der Waals surface area contributed by atoms with Crippen LogP contribution in [0.4, 0.5) is 10.9 Å². The molecule has 156 valence electrons. The van der Waals surface area contributed by atoms with E-state index in [-0.39, 0.29) is 12.2 Å². The summed E-state index contributed by atoms with van der Waals surface area (Å²) < 4.78 is 1.09. The molecule has 0 saturated carbocycles. The quantitative estimate of drug-likeness (QED) is 0.388. The number of nitrogens with zero attached hydrogens (tertiary/aromatic N) is 3. The Morgan fingerprint density at radius 2 is 1.77 bits per heavy atom. The molecule has 0 amide bonds. The third-order valence-corrected chi connectivity index (χ3v) is 5.82. The van der Waals surface area contributed by atoms with E-state index in [2.05, 4.69) is 20.3 Å². The highest BCUT2D eigenvalue weighted by atomic mass is 32.1. The molecule has 0 bridgehead atoms. The molecular weight excluding hydrogens is 412 g/mol. The van der Waals surface area contributed by atoms with Crippen molar-refractivity contribution in [2.45, 2.75) is 20.3 Å². The van der Waals surface area contributed by atoms with E-state index < -0.39 is 11.4 Å². The standard InChI is InChI=1S/C23H20N4O3S/c1-23(2,21(29)30)11-18(28)15-9-7-14(8-10-15)17-12-25-20(13-24-17)27-22-26-16-5-3-4-6-19(16)31-22/h3-10,12-13H,11H2,1-2H3,(H,29,30)(H,25,26,27). The normalized spacial score (nSPS) is 11.4. The highest BCUT2D eigenvalue weighted by Crippen LogP contribution is 2.28. The number of aliphatic carboxylic acids is 1. The Morgan fingerprint density at radius 3 is 2.42 bits per heavy atom. The van der Waals surface area contributed by atoms with Crippen LogP contribution < -0.4 is 5.32 Å². The number of ketones is 1. The summed E-state index contributed by atoms with van der Waals surface area (Å²) in [5.74, 6) is -0.613. The summed E-state index contributed by atoms with van der Waals surface area (Å²) in [5, 5.41) is 13.1. The first-order valence-corrected chi connectivity index (χ1v) is 10.5. The van der Waals surface area contributed by atoms with Gasteiger partial charge in [-0.1, -0.05) is 47.7 Å². The number of rotatable bonds is 7. The van der Waals surface area contributed by atoms with Crippen LogP contribution in [0.25, 0.3) is 21.5 Å². The number of carbonyl (C=O) groups is 2. The topological polar surface area (TPSA) is 105 Å². The molecule has 0 spiro atoms. The molecule has 4 aromatic rings. The fourth-order valence-electron chi connectivity index (χ4n) is 2.98. The first kappa shape index (κ1) is 20.6. The van der Waals surface area contributed by atoms with Gasteiger partial charge in [0.25, 0.3) is 0 Å². The maximum atomic E-state index is 12.4. The molecule has 4 rings (SSSR count). The SMILES string of the molecule is CC(C)(CC(=O)c1ccc(-c2cnc(Nc3nc4ccccc4s3)cn2)cc1)C(=O)O. The lowest BCUT2D eigenvalue weighted by Gasteiger charge is -2.17. The molecule has 31 heavy (non-hydrogen) atoms. The number of hydrogen-bond acceptors (Lipinski definition) is 7. The van der Waals surface area contributed by atoms with Gasteiger partial charge in [-0.05, 0) is 26.0 Å². The molecule has 2 aromatic carbocycles. The van der Waals surface area contributed by atoms with Crippen molar-refractivity contribution in [2.24, 2.45) is 5.41 Å². The zero-order valence-corrected chi connectivity index (χ0v) is 17.8. The summed E-state index contributed by atoms with van der Waals surface area (Å²) in [6, 6.07) is 14.8. The zero-order valence-electron chi connectivity index (χ0n) is 17.0. The van der Waals surface area contributed by atoms with Crippen LogP contribution in [0.5, 0.6) is 0 Å². The number of benzene rings is 2. The van der Waals surface area contributed by atoms with E-state index in [9.17, 15) is 14.7 Å². The highest BCUT2D eigenvalue weighted by molar-refractivity contribution is 7.22. The molecular formula is C23H20N4O3S. The number of hydrogen-bond donors (Lipinski definition) is 2. The average Bonchev–Trinajstić information content (AvgIpc) is 3.16. The van der Waals surface area contributed by atoms with E-state index in [0.717, 1.165) is 20.9 Å². The molecule has 7 nitrogen and oxygen atoms in total. The molecule has 0 saturated heterocycles. The average molecular weight is 433 g/mol. The number of carboxylic acids is 1. The van der Waals surface area contributed by atoms with E-state index in [4.69, 9.17) is 0 Å². The summed E-state index contributed by atoms with van der Waals surface area (Å²) in [6.07, 6.45) is 3.23. The predicted octanol–water partition coefficient (Wildman–Crippen LogP) is 5.18. The van der Waals surface area contributed by atoms with Crippen molar-refractivity contribution in [3.8, 4) is 11.3 Å². The van der Waals surface area contributed by atoms with Gasteiger partial charge >= 0.3 is 5.97 Å². The number of fused-ring (bicyclic) bond motifs is 1. The lowest BCUT2D eigenvalue weighted by atomic mass is 9.85. The number of para-hydroxylation sites is 1. The van der Waals surface area contributed by atoms with E-state index in [0.29, 0.717) is 17.1 Å². The molecule has 0 aliphatic carbocycles. The second kappa shape index (κ2) is 8.23. The third kappa shape index (κ3) is 4.59. The van der Waals surface area contributed by atoms with Crippen LogP contribution >= 0.6 is 11.3 Å². The minimum absolute atomic E-state index is 0.0619. The van der Waals surface area contributed by atoms with Crippen molar-refractivity contribution >= 4 is 44.3 Å². The van der Waals surface area contributed by atoms with Gasteiger partial charge in [0, 0.05) is 17.5 Å². The number of carboxylic acid groups (broad SMARTS) is 1. The molecule has 2 N–H and O–H groups in total. The lowest BCUT2D eigenvalue weighted by molar-refractivity contribution is -0.146. The maximum absolute atomic E-state index is 12.4. The summed E-state index contributed by atoms with van der Waals surface area (Å²) in [7, 11) is 0. The molecule has 0 atom stereocenters. The Morgan fingerprint density at radius 1 is 1.03 bits per heavy atom. The second-order valence-corrected chi connectivity index (χ2v) is 8.80. The van der Waals surface area contributed by atoms with Crippen LogP contribution in [0.2, 0.25) is 0 Å². The number of carbonyl (C=O) groups excluding carboxylic acids is 1. The van der Waals surface area contributed by atoms with Crippen molar-refractivity contribution in [1.82, 2.24) is 15.0 Å². The fourth-order valence-corrected chi connectivity index (χ4v) is 3.86. The Hall–Kier alpha value is -3.65. The Kier molecular flexibility index (Phi) is 5.48. The number of aromatic nitrogens is 3. The smallest absolute Gasteiger partial charge is 0.309 e. The maximum Gasteiger partial charge on any atom is 0.309 e. The summed E-state index contributed by atoms with van der Waals surface area (Å²) in [5.41, 5.74) is 1.78. The van der Waals surface area contributed by atoms with E-state index in [1.807, 2.05) is 24.3 Å². The molecule has 0 fully saturated rings. The lowest BCUT2D eigenvalue weighted by Crippen LogP contribution is -2.26. The van der Waals surface area contributed by atoms with Crippen LogP contribution in [0.1, 0.15) is 30.6 Å². The number of Topliss-reactive ketones (excluding diaryl/α,β-unsaturated/α-hetero) is 1. The molecule has 0 unspecified atom stereocenters. The zero-order chi connectivity index (χ0) is 22.0. The largest absolute Gasteiger partial charge is 0.481 e. The molecule has 8 heteroatoms. The monoisotopic (exact) mass is 432 g/mol. The van der Waals surface area contributed by atoms with Crippen molar-refractivity contribution in [1.29, 1.82) is 0 Å². The number of nitrogens with one attached hydrogen (secondary N) is 1. The van der Waals surface area contributed by atoms with Gasteiger partial charge in [0.05, 0.1) is 33.7 Å². The van der Waals surface area contributed by atoms with E-state index in [1.165, 1.54) is 0 Å². The first-order valence-electron chi connectivity index (χ1n) is 9.63. The fraction of sp³-hybridized carbons (Fsp3) is 0.174. The molecule has 0 aliphatic heterocycles. The van der Waals surface area contributed by atoms with Crippen LogP contribution in [-0.4, -0.2) is 31.8 Å². The Balaban J connectivity index is 1.45. The first-order chi connectivity index (χ1) is 14.8. The highest BCUT2D eigenvalue weighted by Gasteiger charge is 2.30. The Labute approximate surface area is 182 Å². The van der Waals surface area contributed by atoms with Crippen molar-refractivity contribution in [3.63, 3.8) is 0 Å². The van der Waals surface area contributed by atoms with Gasteiger partial charge in [0.2, 0.25) is 0 Å². The van der Waals surface area contributed by atoms with E-state index in [1.54, 1.807) is 61.8 Å². The molecule has 2 aromatic heterocycles. The number of thiazole rings is 1. The van der Waals surface area contributed by atoms with Gasteiger partial charge in [0.1, 0.15) is 0 Å². The number of anilines is 2.